The number of nitrogens with zero attached hydrogens (tertiary/aromatic N) is 4. The quantitative estimate of drug-likeness (QED) is 0.878. The van der Waals surface area contributed by atoms with Crippen LogP contribution in [0.25, 0.3) is 0 Å². The number of piperazine rings is 1. The molecule has 1 aliphatic rings. The molecule has 3 rings (SSSR count). The van der Waals surface area contributed by atoms with Crippen molar-refractivity contribution in [3.05, 3.63) is 41.5 Å². The number of nitrogen functional groups attached to an aromatic ring is 1. The number of anilines is 2. The van der Waals surface area contributed by atoms with E-state index in [0.717, 1.165) is 38.4 Å². The Morgan fingerprint density at radius 2 is 1.95 bits per heavy atom. The third kappa shape index (κ3) is 2.92. The van der Waals surface area contributed by atoms with E-state index in [1.807, 2.05) is 17.9 Å². The van der Waals surface area contributed by atoms with Crippen LogP contribution in [0.1, 0.15) is 11.3 Å². The maximum absolute atomic E-state index is 13.1. The van der Waals surface area contributed by atoms with E-state index in [0.29, 0.717) is 5.69 Å². The highest BCUT2D eigenvalue weighted by atomic mass is 19.1. The molecular weight excluding hydrogens is 281 g/mol. The van der Waals surface area contributed by atoms with Gasteiger partial charge in [0.2, 0.25) is 0 Å². The summed E-state index contributed by atoms with van der Waals surface area (Å²) in [4.78, 5) is 4.64. The van der Waals surface area contributed by atoms with Gasteiger partial charge in [-0.15, -0.1) is 0 Å². The van der Waals surface area contributed by atoms with E-state index < -0.39 is 0 Å². The average Bonchev–Trinajstić information content (AvgIpc) is 2.80. The van der Waals surface area contributed by atoms with Crippen molar-refractivity contribution in [2.45, 2.75) is 13.5 Å². The molecule has 2 aromatic rings. The lowest BCUT2D eigenvalue weighted by Gasteiger charge is -2.36. The third-order valence-electron chi connectivity index (χ3n) is 4.43. The molecule has 2 N–H and O–H groups in total. The zero-order valence-corrected chi connectivity index (χ0v) is 13.1. The highest BCUT2D eigenvalue weighted by Crippen LogP contribution is 2.25. The Morgan fingerprint density at radius 3 is 2.55 bits per heavy atom. The van der Waals surface area contributed by atoms with Gasteiger partial charge >= 0.3 is 0 Å². The van der Waals surface area contributed by atoms with Crippen molar-refractivity contribution in [1.29, 1.82) is 0 Å². The third-order valence-corrected chi connectivity index (χ3v) is 4.43. The molecule has 1 fully saturated rings. The maximum atomic E-state index is 13.1. The van der Waals surface area contributed by atoms with Gasteiger partial charge in [-0.3, -0.25) is 9.58 Å². The monoisotopic (exact) mass is 303 g/mol. The summed E-state index contributed by atoms with van der Waals surface area (Å²) in [5.41, 5.74) is 9.86. The zero-order chi connectivity index (χ0) is 15.7. The maximum Gasteiger partial charge on any atom is 0.125 e. The van der Waals surface area contributed by atoms with Crippen molar-refractivity contribution in [1.82, 2.24) is 14.7 Å². The molecule has 118 valence electrons. The smallest absolute Gasteiger partial charge is 0.125 e. The first kappa shape index (κ1) is 14.8. The number of aryl methyl sites for hydroxylation is 1. The summed E-state index contributed by atoms with van der Waals surface area (Å²) in [5, 5.41) is 4.29. The molecule has 2 heterocycles. The predicted octanol–water partition coefficient (Wildman–Crippen LogP) is 1.77. The van der Waals surface area contributed by atoms with E-state index in [4.69, 9.17) is 5.73 Å². The fraction of sp³-hybridized carbons (Fsp3) is 0.438. The molecule has 1 saturated heterocycles. The van der Waals surface area contributed by atoms with E-state index in [1.165, 1.54) is 23.4 Å². The summed E-state index contributed by atoms with van der Waals surface area (Å²) in [5.74, 6) is -0.285. The van der Waals surface area contributed by atoms with Crippen LogP contribution in [0.15, 0.2) is 24.4 Å². The lowest BCUT2D eigenvalue weighted by atomic mass is 10.2. The number of aromatic nitrogens is 2. The molecule has 5 nitrogen and oxygen atoms in total. The number of rotatable bonds is 3. The van der Waals surface area contributed by atoms with Crippen molar-refractivity contribution in [2.75, 3.05) is 36.8 Å². The topological polar surface area (TPSA) is 50.3 Å². The van der Waals surface area contributed by atoms with Gasteiger partial charge in [-0.25, -0.2) is 4.39 Å². The number of hydrogen-bond donors (Lipinski definition) is 1. The second kappa shape index (κ2) is 5.96. The van der Waals surface area contributed by atoms with Crippen LogP contribution in [0.5, 0.6) is 0 Å². The molecule has 0 amide bonds. The van der Waals surface area contributed by atoms with Gasteiger partial charge in [0.15, 0.2) is 0 Å². The van der Waals surface area contributed by atoms with Crippen LogP contribution in [0.4, 0.5) is 15.8 Å². The first-order valence-electron chi connectivity index (χ1n) is 7.54. The molecular formula is C16H22FN5. The first-order valence-corrected chi connectivity index (χ1v) is 7.54. The normalized spacial score (nSPS) is 16.2. The summed E-state index contributed by atoms with van der Waals surface area (Å²) in [6, 6.07) is 4.63. The molecule has 0 unspecified atom stereocenters. The van der Waals surface area contributed by atoms with Crippen LogP contribution in [-0.2, 0) is 13.6 Å². The molecule has 22 heavy (non-hydrogen) atoms. The van der Waals surface area contributed by atoms with Gasteiger partial charge in [-0.2, -0.15) is 5.10 Å². The lowest BCUT2D eigenvalue weighted by molar-refractivity contribution is 0.249. The Bertz CT molecular complexity index is 659. The van der Waals surface area contributed by atoms with Crippen LogP contribution in [0.3, 0.4) is 0 Å². The fourth-order valence-electron chi connectivity index (χ4n) is 2.90. The molecule has 1 aromatic carbocycles. The SMILES string of the molecule is Cc1c(CN2CCN(c3ccc(F)cc3N)CC2)cnn1C. The minimum absolute atomic E-state index is 0.285. The van der Waals surface area contributed by atoms with Crippen LogP contribution in [0, 0.1) is 12.7 Å². The fourth-order valence-corrected chi connectivity index (χ4v) is 2.90. The molecule has 0 bridgehead atoms. The minimum atomic E-state index is -0.285. The van der Waals surface area contributed by atoms with E-state index in [2.05, 4.69) is 21.8 Å². The Kier molecular flexibility index (Phi) is 4.02. The standard InChI is InChI=1S/C16H22FN5/c1-12-13(10-19-20(12)2)11-21-5-7-22(8-6-21)16-4-3-14(17)9-15(16)18/h3-4,9-10H,5-8,11,18H2,1-2H3. The minimum Gasteiger partial charge on any atom is -0.397 e. The predicted molar refractivity (Wildman–Crippen MR) is 86.2 cm³/mol. The Balaban J connectivity index is 1.61. The summed E-state index contributed by atoms with van der Waals surface area (Å²) in [7, 11) is 1.97. The largest absolute Gasteiger partial charge is 0.397 e. The van der Waals surface area contributed by atoms with E-state index >= 15 is 0 Å². The van der Waals surface area contributed by atoms with Crippen LogP contribution >= 0.6 is 0 Å². The van der Waals surface area contributed by atoms with Gasteiger partial charge < -0.3 is 10.6 Å². The van der Waals surface area contributed by atoms with Crippen molar-refractivity contribution in [3.63, 3.8) is 0 Å². The summed E-state index contributed by atoms with van der Waals surface area (Å²) in [6.45, 7) is 6.74. The Hall–Kier alpha value is -2.08. The van der Waals surface area contributed by atoms with E-state index in [1.54, 1.807) is 6.07 Å². The highest BCUT2D eigenvalue weighted by molar-refractivity contribution is 5.67. The van der Waals surface area contributed by atoms with Gasteiger partial charge in [-0.1, -0.05) is 0 Å². The van der Waals surface area contributed by atoms with Gasteiger partial charge in [0.05, 0.1) is 17.6 Å². The second-order valence-corrected chi connectivity index (χ2v) is 5.85. The average molecular weight is 303 g/mol. The molecule has 0 radical (unpaired) electrons. The van der Waals surface area contributed by atoms with E-state index in [-0.39, 0.29) is 5.82 Å². The number of benzene rings is 1. The van der Waals surface area contributed by atoms with Gasteiger partial charge in [-0.05, 0) is 25.1 Å². The van der Waals surface area contributed by atoms with Crippen LogP contribution in [0.2, 0.25) is 0 Å². The van der Waals surface area contributed by atoms with Crippen molar-refractivity contribution < 1.29 is 4.39 Å². The lowest BCUT2D eigenvalue weighted by Crippen LogP contribution is -2.46. The summed E-state index contributed by atoms with van der Waals surface area (Å²) in [6.07, 6.45) is 1.94. The van der Waals surface area contributed by atoms with Crippen molar-refractivity contribution in [3.8, 4) is 0 Å². The number of halogens is 1. The second-order valence-electron chi connectivity index (χ2n) is 5.85. The van der Waals surface area contributed by atoms with Crippen molar-refractivity contribution in [2.24, 2.45) is 7.05 Å². The molecule has 0 saturated carbocycles. The number of hydrogen-bond acceptors (Lipinski definition) is 4. The Labute approximate surface area is 130 Å². The molecule has 6 heteroatoms. The summed E-state index contributed by atoms with van der Waals surface area (Å²) >= 11 is 0. The van der Waals surface area contributed by atoms with Crippen LogP contribution < -0.4 is 10.6 Å². The molecule has 0 aliphatic carbocycles. The number of nitrogens with two attached hydrogens (primary N) is 1. The molecule has 1 aromatic heterocycles. The summed E-state index contributed by atoms with van der Waals surface area (Å²) < 4.78 is 15.1. The molecule has 0 spiro atoms. The Morgan fingerprint density at radius 1 is 1.23 bits per heavy atom. The molecule has 0 atom stereocenters. The van der Waals surface area contributed by atoms with Gasteiger partial charge in [0.1, 0.15) is 5.82 Å². The van der Waals surface area contributed by atoms with Crippen molar-refractivity contribution >= 4 is 11.4 Å². The van der Waals surface area contributed by atoms with Gasteiger partial charge in [0, 0.05) is 51.0 Å². The molecule has 1 aliphatic heterocycles. The highest BCUT2D eigenvalue weighted by Gasteiger charge is 2.20. The van der Waals surface area contributed by atoms with E-state index in [9.17, 15) is 4.39 Å². The van der Waals surface area contributed by atoms with Gasteiger partial charge in [0.25, 0.3) is 0 Å². The van der Waals surface area contributed by atoms with Crippen LogP contribution in [-0.4, -0.2) is 40.9 Å². The zero-order valence-electron chi connectivity index (χ0n) is 13.1. The first-order chi connectivity index (χ1) is 10.5.